The number of hydrogen-bond acceptors (Lipinski definition) is 6. The van der Waals surface area contributed by atoms with Crippen molar-refractivity contribution in [3.8, 4) is 11.1 Å². The van der Waals surface area contributed by atoms with Crippen LogP contribution in [0.4, 0.5) is 5.82 Å². The molecule has 8 heteroatoms. The average molecular weight is 420 g/mol. The van der Waals surface area contributed by atoms with Crippen LogP contribution in [0, 0.1) is 0 Å². The van der Waals surface area contributed by atoms with Gasteiger partial charge in [-0.15, -0.1) is 0 Å². The minimum Gasteiger partial charge on any atom is -0.391 e. The number of rotatable bonds is 8. The maximum absolute atomic E-state index is 12.4. The van der Waals surface area contributed by atoms with E-state index in [-0.39, 0.29) is 0 Å². The molecule has 0 radical (unpaired) electrons. The maximum atomic E-state index is 12.4. The van der Waals surface area contributed by atoms with Crippen molar-refractivity contribution in [1.29, 1.82) is 0 Å². The number of nitrogens with zero attached hydrogens (tertiary/aromatic N) is 1. The monoisotopic (exact) mass is 420 g/mol. The fourth-order valence-electron chi connectivity index (χ4n) is 2.99. The molecule has 0 bridgehead atoms. The number of aliphatic hydroxyl groups is 1. The number of nitrogens with one attached hydrogen (secondary N) is 3. The van der Waals surface area contributed by atoms with Crippen molar-refractivity contribution >= 4 is 17.6 Å². The summed E-state index contributed by atoms with van der Waals surface area (Å²) < 4.78 is 0. The molecule has 1 aromatic heterocycles. The molecule has 3 aromatic rings. The van der Waals surface area contributed by atoms with Crippen LogP contribution >= 0.6 is 0 Å². The molecule has 0 saturated carbocycles. The Hall–Kier alpha value is -3.75. The normalized spacial score (nSPS) is 12.5. The van der Waals surface area contributed by atoms with Gasteiger partial charge in [-0.05, 0) is 47.9 Å². The Labute approximate surface area is 179 Å². The molecule has 31 heavy (non-hydrogen) atoms. The summed E-state index contributed by atoms with van der Waals surface area (Å²) in [5.41, 5.74) is 4.80. The predicted molar refractivity (Wildman–Crippen MR) is 116 cm³/mol. The largest absolute Gasteiger partial charge is 0.391 e. The lowest BCUT2D eigenvalue weighted by molar-refractivity contribution is -0.133. The van der Waals surface area contributed by atoms with Crippen LogP contribution in [-0.4, -0.2) is 39.3 Å². The van der Waals surface area contributed by atoms with Crippen molar-refractivity contribution in [2.75, 3.05) is 5.32 Å². The number of aromatic nitrogens is 1. The van der Waals surface area contributed by atoms with E-state index in [0.717, 1.165) is 22.5 Å². The Morgan fingerprint density at radius 3 is 2.16 bits per heavy atom. The summed E-state index contributed by atoms with van der Waals surface area (Å²) in [4.78, 5) is 28.2. The first kappa shape index (κ1) is 21.9. The molecular formula is C23H24N4O4. The standard InChI is InChI=1S/C23H24N4O4/c1-15(28)21(23(30)27-31)26-22(29)19-11-9-18(10-12-19)17-7-5-16(6-8-17)14-25-20-4-2-3-13-24-20/h2-13,15,21,28,31H,14H2,1H3,(H,24,25)(H,26,29)(H,27,30)/t15-,21+/m1/s1. The molecule has 8 nitrogen and oxygen atoms in total. The van der Waals surface area contributed by atoms with Gasteiger partial charge >= 0.3 is 0 Å². The lowest BCUT2D eigenvalue weighted by Crippen LogP contribution is -2.51. The Bertz CT molecular complexity index is 1010. The fourth-order valence-corrected chi connectivity index (χ4v) is 2.99. The van der Waals surface area contributed by atoms with Crippen molar-refractivity contribution < 1.29 is 19.9 Å². The smallest absolute Gasteiger partial charge is 0.268 e. The quantitative estimate of drug-likeness (QED) is 0.282. The summed E-state index contributed by atoms with van der Waals surface area (Å²) >= 11 is 0. The summed E-state index contributed by atoms with van der Waals surface area (Å²) in [6.07, 6.45) is 0.572. The number of benzene rings is 2. The minimum absolute atomic E-state index is 0.330. The summed E-state index contributed by atoms with van der Waals surface area (Å²) in [5.74, 6) is -0.607. The molecule has 0 aliphatic rings. The van der Waals surface area contributed by atoms with Crippen LogP contribution in [0.15, 0.2) is 72.9 Å². The van der Waals surface area contributed by atoms with Crippen LogP contribution in [0.2, 0.25) is 0 Å². The van der Waals surface area contributed by atoms with Crippen LogP contribution in [-0.2, 0) is 11.3 Å². The van der Waals surface area contributed by atoms with E-state index in [1.54, 1.807) is 30.5 Å². The summed E-state index contributed by atoms with van der Waals surface area (Å²) in [6.45, 7) is 2.00. The number of amides is 2. The first-order valence-electron chi connectivity index (χ1n) is 9.75. The van der Waals surface area contributed by atoms with Gasteiger partial charge in [0.25, 0.3) is 11.8 Å². The highest BCUT2D eigenvalue weighted by Crippen LogP contribution is 2.21. The third kappa shape index (κ3) is 5.88. The van der Waals surface area contributed by atoms with Crippen molar-refractivity contribution in [2.45, 2.75) is 25.6 Å². The van der Waals surface area contributed by atoms with Gasteiger partial charge in [-0.25, -0.2) is 10.5 Å². The molecule has 1 heterocycles. The van der Waals surface area contributed by atoms with Crippen molar-refractivity contribution in [1.82, 2.24) is 15.8 Å². The highest BCUT2D eigenvalue weighted by atomic mass is 16.5. The number of aliphatic hydroxyl groups excluding tert-OH is 1. The third-order valence-corrected chi connectivity index (χ3v) is 4.73. The first-order valence-corrected chi connectivity index (χ1v) is 9.75. The van der Waals surface area contributed by atoms with Gasteiger partial charge in [0.2, 0.25) is 0 Å². The van der Waals surface area contributed by atoms with Crippen LogP contribution in [0.25, 0.3) is 11.1 Å². The molecule has 0 spiro atoms. The highest BCUT2D eigenvalue weighted by molar-refractivity contribution is 5.97. The third-order valence-electron chi connectivity index (χ3n) is 4.73. The van der Waals surface area contributed by atoms with Gasteiger partial charge in [-0.1, -0.05) is 42.5 Å². The van der Waals surface area contributed by atoms with E-state index in [9.17, 15) is 14.7 Å². The zero-order chi connectivity index (χ0) is 22.2. The lowest BCUT2D eigenvalue weighted by atomic mass is 10.0. The number of anilines is 1. The second-order valence-corrected chi connectivity index (χ2v) is 7.01. The average Bonchev–Trinajstić information content (AvgIpc) is 2.81. The van der Waals surface area contributed by atoms with Gasteiger partial charge in [-0.3, -0.25) is 14.8 Å². The van der Waals surface area contributed by atoms with E-state index in [1.807, 2.05) is 42.5 Å². The first-order chi connectivity index (χ1) is 15.0. The molecule has 2 atom stereocenters. The molecule has 5 N–H and O–H groups in total. The Kier molecular flexibility index (Phi) is 7.31. The number of hydrogen-bond donors (Lipinski definition) is 5. The Morgan fingerprint density at radius 2 is 1.61 bits per heavy atom. The Morgan fingerprint density at radius 1 is 0.968 bits per heavy atom. The predicted octanol–water partition coefficient (Wildman–Crippen LogP) is 2.35. The topological polar surface area (TPSA) is 124 Å². The lowest BCUT2D eigenvalue weighted by Gasteiger charge is -2.19. The van der Waals surface area contributed by atoms with Gasteiger partial charge in [0.05, 0.1) is 6.10 Å². The fraction of sp³-hybridized carbons (Fsp3) is 0.174. The van der Waals surface area contributed by atoms with Gasteiger partial charge < -0.3 is 15.7 Å². The zero-order valence-corrected chi connectivity index (χ0v) is 16.9. The van der Waals surface area contributed by atoms with Crippen molar-refractivity contribution in [3.63, 3.8) is 0 Å². The maximum Gasteiger partial charge on any atom is 0.268 e. The molecule has 0 aliphatic heterocycles. The second kappa shape index (κ2) is 10.3. The summed E-state index contributed by atoms with van der Waals surface area (Å²) in [7, 11) is 0. The van der Waals surface area contributed by atoms with Crippen LogP contribution < -0.4 is 16.1 Å². The van der Waals surface area contributed by atoms with Gasteiger partial charge in [0.15, 0.2) is 0 Å². The number of pyridine rings is 1. The minimum atomic E-state index is -1.26. The molecule has 160 valence electrons. The Balaban J connectivity index is 1.62. The van der Waals surface area contributed by atoms with E-state index < -0.39 is 24.0 Å². The van der Waals surface area contributed by atoms with Crippen LogP contribution in [0.1, 0.15) is 22.8 Å². The molecule has 0 aliphatic carbocycles. The van der Waals surface area contributed by atoms with Crippen LogP contribution in [0.3, 0.4) is 0 Å². The van der Waals surface area contributed by atoms with Crippen molar-refractivity contribution in [3.05, 3.63) is 84.1 Å². The number of carbonyl (C=O) groups excluding carboxylic acids is 2. The summed E-state index contributed by atoms with van der Waals surface area (Å²) in [6, 6.07) is 19.4. The van der Waals surface area contributed by atoms with E-state index >= 15 is 0 Å². The number of hydroxylamine groups is 1. The highest BCUT2D eigenvalue weighted by Gasteiger charge is 2.25. The molecule has 2 amide bonds. The number of carbonyl (C=O) groups is 2. The van der Waals surface area contributed by atoms with Gasteiger partial charge in [-0.2, -0.15) is 0 Å². The van der Waals surface area contributed by atoms with E-state index in [0.29, 0.717) is 12.1 Å². The summed E-state index contributed by atoms with van der Waals surface area (Å²) in [5, 5.41) is 24.0. The van der Waals surface area contributed by atoms with E-state index in [2.05, 4.69) is 15.6 Å². The molecule has 0 saturated heterocycles. The zero-order valence-electron chi connectivity index (χ0n) is 16.9. The van der Waals surface area contributed by atoms with Crippen molar-refractivity contribution in [2.24, 2.45) is 0 Å². The van der Waals surface area contributed by atoms with Gasteiger partial charge in [0, 0.05) is 18.3 Å². The molecular weight excluding hydrogens is 396 g/mol. The molecule has 2 aromatic carbocycles. The van der Waals surface area contributed by atoms with E-state index in [1.165, 1.54) is 12.4 Å². The van der Waals surface area contributed by atoms with E-state index in [4.69, 9.17) is 5.21 Å². The van der Waals surface area contributed by atoms with Gasteiger partial charge in [0.1, 0.15) is 11.9 Å². The second-order valence-electron chi connectivity index (χ2n) is 7.01. The van der Waals surface area contributed by atoms with Crippen LogP contribution in [0.5, 0.6) is 0 Å². The molecule has 0 fully saturated rings. The SMILES string of the molecule is C[C@@H](O)[C@H](NC(=O)c1ccc(-c2ccc(CNc3ccccn3)cc2)cc1)C(=O)NO. The molecule has 3 rings (SSSR count). The molecule has 0 unspecified atom stereocenters.